The Balaban J connectivity index is 0.000000254. The van der Waals surface area contributed by atoms with E-state index in [0.717, 1.165) is 6.42 Å². The van der Waals surface area contributed by atoms with Gasteiger partial charge >= 0.3 is 59.7 Å². The van der Waals surface area contributed by atoms with Crippen molar-refractivity contribution in [3.8, 4) is 0 Å². The fraction of sp³-hybridized carbons (Fsp3) is 0.375. The van der Waals surface area contributed by atoms with Crippen molar-refractivity contribution >= 4 is 59.7 Å². The second-order valence-electron chi connectivity index (χ2n) is 32.6. The molecule has 0 amide bonds. The van der Waals surface area contributed by atoms with E-state index in [9.17, 15) is 47.9 Å². The largest absolute Gasteiger partial charge is 0.459 e. The van der Waals surface area contributed by atoms with Crippen LogP contribution in [-0.2, 0) is 47.4 Å². The van der Waals surface area contributed by atoms with Crippen molar-refractivity contribution in [3.05, 3.63) is 359 Å². The van der Waals surface area contributed by atoms with Crippen molar-refractivity contribution in [2.24, 2.45) is 17.8 Å². The van der Waals surface area contributed by atoms with E-state index in [1.54, 1.807) is 194 Å². The Morgan fingerprint density at radius 3 is 0.659 bits per heavy atom. The summed E-state index contributed by atoms with van der Waals surface area (Å²) in [4.78, 5) is 124. The maximum Gasteiger partial charge on any atom is 0.338 e. The summed E-state index contributed by atoms with van der Waals surface area (Å²) in [5.74, 6) is -3.55. The van der Waals surface area contributed by atoms with Gasteiger partial charge in [0.1, 0.15) is 60.0 Å². The molecule has 0 aliphatic heterocycles. The molecule has 0 N–H and O–H groups in total. The SMILES string of the molecule is CCC(CC(C)(CC)OC(=O)c1ccccc1)OC(=O)c1ccccc1.CCC(CC(CC)(CC)OC(=O)c1ccccc1)OC(=O)c1ccccc1.CCC(CC(OC(=O)c1ccccc1)C(C)C)OC(=O)c1ccccc1.CCC(OC(=O)c1ccccc1)C(C)C(CC)OC(=O)c1ccccc1.CCC(OC(=O)c1ccccc1)C(CC)C(CC)OC(=O)c1ccccc1. The number of ether oxygens (including phenoxy) is 10. The summed E-state index contributed by atoms with van der Waals surface area (Å²) in [6.45, 7) is 29.6. The van der Waals surface area contributed by atoms with Crippen molar-refractivity contribution in [2.45, 2.75) is 254 Å². The molecular formula is C112H134O20. The first-order chi connectivity index (χ1) is 63.7. The first-order valence-corrected chi connectivity index (χ1v) is 46.3. The van der Waals surface area contributed by atoms with Crippen LogP contribution in [0, 0.1) is 17.8 Å². The summed E-state index contributed by atoms with van der Waals surface area (Å²) in [6, 6.07) is 89.3. The third kappa shape index (κ3) is 36.3. The van der Waals surface area contributed by atoms with Crippen LogP contribution >= 0.6 is 0 Å². The summed E-state index contributed by atoms with van der Waals surface area (Å²) in [7, 11) is 0. The number of benzene rings is 10. The average molecular weight is 1800 g/mol. The lowest BCUT2D eigenvalue weighted by Gasteiger charge is -2.34. The van der Waals surface area contributed by atoms with Gasteiger partial charge in [0.15, 0.2) is 0 Å². The molecule has 0 aliphatic rings. The van der Waals surface area contributed by atoms with E-state index in [0.29, 0.717) is 139 Å². The molecule has 9 unspecified atom stereocenters. The molecule has 0 fully saturated rings. The molecular weight excluding hydrogens is 1670 g/mol. The second kappa shape index (κ2) is 58.5. The number of hydrogen-bond acceptors (Lipinski definition) is 20. The summed E-state index contributed by atoms with van der Waals surface area (Å²) in [5, 5.41) is 0. The van der Waals surface area contributed by atoms with E-state index in [-0.39, 0.29) is 126 Å². The third-order valence-corrected chi connectivity index (χ3v) is 23.0. The molecule has 0 spiro atoms. The van der Waals surface area contributed by atoms with Gasteiger partial charge in [0.2, 0.25) is 0 Å². The van der Waals surface area contributed by atoms with Gasteiger partial charge in [0.25, 0.3) is 0 Å². The summed E-state index contributed by atoms with van der Waals surface area (Å²) in [6.07, 6.45) is 6.16. The van der Waals surface area contributed by atoms with Crippen LogP contribution in [0.5, 0.6) is 0 Å². The number of rotatable bonds is 42. The van der Waals surface area contributed by atoms with Crippen LogP contribution in [0.2, 0.25) is 0 Å². The average Bonchev–Trinajstić information content (AvgIpc) is 0.858. The molecule has 10 rings (SSSR count). The summed E-state index contributed by atoms with van der Waals surface area (Å²) >= 11 is 0. The fourth-order valence-corrected chi connectivity index (χ4v) is 14.5. The summed E-state index contributed by atoms with van der Waals surface area (Å²) < 4.78 is 57.3. The zero-order chi connectivity index (χ0) is 96.2. The van der Waals surface area contributed by atoms with Crippen molar-refractivity contribution in [3.63, 3.8) is 0 Å². The van der Waals surface area contributed by atoms with Crippen molar-refractivity contribution in [1.82, 2.24) is 0 Å². The van der Waals surface area contributed by atoms with Gasteiger partial charge in [-0.2, -0.15) is 0 Å². The van der Waals surface area contributed by atoms with E-state index >= 15 is 0 Å². The van der Waals surface area contributed by atoms with Gasteiger partial charge in [-0.1, -0.05) is 279 Å². The van der Waals surface area contributed by atoms with Crippen LogP contribution in [0.25, 0.3) is 0 Å². The number of carbonyl (C=O) groups excluding carboxylic acids is 10. The predicted octanol–water partition coefficient (Wildman–Crippen LogP) is 25.5. The zero-order valence-electron chi connectivity index (χ0n) is 79.3. The first-order valence-electron chi connectivity index (χ1n) is 46.3. The Morgan fingerprint density at radius 2 is 0.439 bits per heavy atom. The van der Waals surface area contributed by atoms with Gasteiger partial charge in [-0.05, 0) is 205 Å². The highest BCUT2D eigenvalue weighted by Gasteiger charge is 2.38. The lowest BCUT2D eigenvalue weighted by atomic mass is 9.89. The smallest absolute Gasteiger partial charge is 0.338 e. The minimum absolute atomic E-state index is 0.0553. The zero-order valence-corrected chi connectivity index (χ0v) is 79.3. The molecule has 20 nitrogen and oxygen atoms in total. The van der Waals surface area contributed by atoms with Crippen LogP contribution in [-0.4, -0.2) is 120 Å². The van der Waals surface area contributed by atoms with E-state index in [1.165, 1.54) is 0 Å². The van der Waals surface area contributed by atoms with Crippen molar-refractivity contribution in [2.75, 3.05) is 0 Å². The second-order valence-corrected chi connectivity index (χ2v) is 32.6. The third-order valence-electron chi connectivity index (χ3n) is 23.0. The Labute approximate surface area is 781 Å². The van der Waals surface area contributed by atoms with Crippen LogP contribution in [0.3, 0.4) is 0 Å². The molecule has 9 atom stereocenters. The molecule has 0 aromatic heterocycles. The monoisotopic (exact) mass is 1800 g/mol. The minimum Gasteiger partial charge on any atom is -0.459 e. The lowest BCUT2D eigenvalue weighted by molar-refractivity contribution is -0.0537. The Hall–Kier alpha value is -13.1. The molecule has 0 bridgehead atoms. The normalized spacial score (nSPS) is 13.5. The van der Waals surface area contributed by atoms with Crippen LogP contribution in [0.15, 0.2) is 303 Å². The molecule has 10 aromatic rings. The van der Waals surface area contributed by atoms with E-state index in [1.807, 2.05) is 213 Å². The number of carbonyl (C=O) groups is 10. The van der Waals surface area contributed by atoms with E-state index in [4.69, 9.17) is 47.4 Å². The highest BCUT2D eigenvalue weighted by atomic mass is 16.6. The highest BCUT2D eigenvalue weighted by molar-refractivity contribution is 5.94. The van der Waals surface area contributed by atoms with Gasteiger partial charge in [-0.15, -0.1) is 0 Å². The van der Waals surface area contributed by atoms with Gasteiger partial charge in [0.05, 0.1) is 55.6 Å². The topological polar surface area (TPSA) is 263 Å². The van der Waals surface area contributed by atoms with Crippen molar-refractivity contribution in [1.29, 1.82) is 0 Å². The fourth-order valence-electron chi connectivity index (χ4n) is 14.5. The molecule has 0 radical (unpaired) electrons. The maximum atomic E-state index is 12.6. The molecule has 132 heavy (non-hydrogen) atoms. The standard InChI is InChI=1S/2C23H28O4.3C22H26O4/c1-4-20(26-21(24)18-13-9-7-10-14-18)17-23(5-2,6-3)27-22(25)19-15-11-8-12-16-19;1-4-19(20(5-2)26-22(24)17-13-9-7-10-14-17)21(6-3)27-23(25)18-15-11-8-12-16-18;1-4-19(25-21(23)17-11-7-5-8-12-17)15-20(16(2)3)26-22(24)18-13-9-6-10-14-18;1-4-19(25-20(23)17-12-8-6-9-13-17)16-22(3,5-2)26-21(24)18-14-10-7-11-15-18;1-4-19(25-21(23)17-12-8-6-9-13-17)16(3)20(5-2)26-22(24)18-14-10-7-11-15-18/h7-16,20H,4-6,17H2,1-3H3;7-16,19-21H,4-6H2,1-3H3;5-14,16,19-20H,4,15H2,1-3H3;6-15,19H,4-5,16H2,1-3H3;6-16,19-20H,4-5H2,1-3H3. The molecule has 0 heterocycles. The quantitative estimate of drug-likeness (QED) is 0.0254. The molecule has 0 saturated carbocycles. The molecule has 702 valence electrons. The molecule has 20 heteroatoms. The molecule has 10 aromatic carbocycles. The van der Waals surface area contributed by atoms with Gasteiger partial charge in [-0.25, -0.2) is 47.9 Å². The first kappa shape index (κ1) is 108. The predicted molar refractivity (Wildman–Crippen MR) is 515 cm³/mol. The molecule has 0 saturated heterocycles. The van der Waals surface area contributed by atoms with Gasteiger partial charge in [-0.3, -0.25) is 0 Å². The number of esters is 10. The van der Waals surface area contributed by atoms with Gasteiger partial charge in [0, 0.05) is 31.1 Å². The van der Waals surface area contributed by atoms with E-state index < -0.39 is 11.2 Å². The maximum absolute atomic E-state index is 12.6. The highest BCUT2D eigenvalue weighted by Crippen LogP contribution is 2.33. The summed E-state index contributed by atoms with van der Waals surface area (Å²) in [5.41, 5.74) is 3.86. The van der Waals surface area contributed by atoms with Crippen molar-refractivity contribution < 1.29 is 95.3 Å². The van der Waals surface area contributed by atoms with E-state index in [2.05, 4.69) is 0 Å². The Bertz CT molecular complexity index is 4810. The van der Waals surface area contributed by atoms with Crippen LogP contribution in [0.1, 0.15) is 297 Å². The Kier molecular flexibility index (Phi) is 47.7. The Morgan fingerprint density at radius 1 is 0.227 bits per heavy atom. The van der Waals surface area contributed by atoms with Crippen LogP contribution < -0.4 is 0 Å². The van der Waals surface area contributed by atoms with Crippen LogP contribution in [0.4, 0.5) is 0 Å². The minimum atomic E-state index is -0.704. The lowest BCUT2D eigenvalue weighted by Crippen LogP contribution is -2.39. The molecule has 0 aliphatic carbocycles. The number of hydrogen-bond donors (Lipinski definition) is 0. The van der Waals surface area contributed by atoms with Gasteiger partial charge < -0.3 is 47.4 Å².